The van der Waals surface area contributed by atoms with Crippen molar-refractivity contribution in [2.75, 3.05) is 0 Å². The van der Waals surface area contributed by atoms with E-state index in [4.69, 9.17) is 9.97 Å². The molecule has 0 unspecified atom stereocenters. The van der Waals surface area contributed by atoms with Crippen LogP contribution in [0.25, 0.3) is 94.8 Å². The standard InChI is InChI=1S/C42H27N5.C17H11N2.Ir/c1-3-12-30(13-4-1)40-33(16-11-25-44-40)26-29-22-23-37-39(27-29)47-41-35(31-14-9-15-32(28-31)36-20-7-8-24-43-36)19-10-21-38(41)46(42(47)45-37)34-17-5-2-6-18-34;1-3-9-15-13(7-1)14-8-2-4-10-16(14)19(15)17-11-5-6-12-18-17;/h1-12,14,16-25,27-28H,26H2;1-9,11-12H;/q-2;-1;+3. The minimum Gasteiger partial charge on any atom is -0.319 e. The third-order valence-electron chi connectivity index (χ3n) is 12.1. The van der Waals surface area contributed by atoms with Crippen LogP contribution in [0.15, 0.2) is 219 Å². The molecule has 0 bridgehead atoms. The Hall–Kier alpha value is -8.29. The normalized spacial score (nSPS) is 11.2. The molecule has 318 valence electrons. The van der Waals surface area contributed by atoms with E-state index in [1.54, 1.807) is 0 Å². The summed E-state index contributed by atoms with van der Waals surface area (Å²) in [7, 11) is 0. The monoisotopic (exact) mass is 1040 g/mol. The van der Waals surface area contributed by atoms with Crippen LogP contribution in [0.1, 0.15) is 11.1 Å². The number of fused-ring (bicyclic) bond motifs is 8. The topological polar surface area (TPSA) is 65.8 Å². The smallest absolute Gasteiger partial charge is 0.319 e. The molecule has 0 N–H and O–H groups in total. The van der Waals surface area contributed by atoms with E-state index < -0.39 is 0 Å². The molecule has 0 saturated heterocycles. The summed E-state index contributed by atoms with van der Waals surface area (Å²) >= 11 is 0. The molecule has 7 aromatic carbocycles. The zero-order valence-corrected chi connectivity index (χ0v) is 38.4. The van der Waals surface area contributed by atoms with E-state index in [2.05, 4.69) is 157 Å². The van der Waals surface area contributed by atoms with Crippen molar-refractivity contribution in [3.05, 3.63) is 248 Å². The summed E-state index contributed by atoms with van der Waals surface area (Å²) in [5, 5.41) is 2.45. The molecule has 13 rings (SSSR count). The van der Waals surface area contributed by atoms with Gasteiger partial charge in [0.1, 0.15) is 5.82 Å². The summed E-state index contributed by atoms with van der Waals surface area (Å²) in [4.78, 5) is 19.0. The molecule has 67 heavy (non-hydrogen) atoms. The third-order valence-corrected chi connectivity index (χ3v) is 12.1. The predicted molar refractivity (Wildman–Crippen MR) is 266 cm³/mol. The van der Waals surface area contributed by atoms with E-state index in [1.807, 2.05) is 104 Å². The summed E-state index contributed by atoms with van der Waals surface area (Å²) in [6.45, 7) is 0. The van der Waals surface area contributed by atoms with Gasteiger partial charge in [-0.3, -0.25) is 8.97 Å². The van der Waals surface area contributed by atoms with Crippen molar-refractivity contribution in [1.82, 2.24) is 33.5 Å². The Morgan fingerprint density at radius 3 is 2.12 bits per heavy atom. The molecule has 0 amide bonds. The van der Waals surface area contributed by atoms with Crippen LogP contribution in [0.2, 0.25) is 0 Å². The number of para-hydroxylation sites is 4. The average molecular weight is 1040 g/mol. The fourth-order valence-electron chi connectivity index (χ4n) is 9.17. The van der Waals surface area contributed by atoms with Crippen molar-refractivity contribution in [1.29, 1.82) is 0 Å². The zero-order valence-electron chi connectivity index (χ0n) is 36.0. The Labute approximate surface area is 400 Å². The van der Waals surface area contributed by atoms with E-state index >= 15 is 0 Å². The van der Waals surface area contributed by atoms with Gasteiger partial charge in [0.15, 0.2) is 0 Å². The third kappa shape index (κ3) is 7.58. The molecule has 0 atom stereocenters. The van der Waals surface area contributed by atoms with Crippen LogP contribution >= 0.6 is 0 Å². The maximum atomic E-state index is 5.23. The van der Waals surface area contributed by atoms with Crippen molar-refractivity contribution in [3.63, 3.8) is 0 Å². The Kier molecular flexibility index (Phi) is 11.1. The fraction of sp³-hybridized carbons (Fsp3) is 0.0169. The Morgan fingerprint density at radius 2 is 1.27 bits per heavy atom. The maximum absolute atomic E-state index is 5.23. The van der Waals surface area contributed by atoms with E-state index in [0.717, 1.165) is 90.5 Å². The molecule has 0 saturated carbocycles. The van der Waals surface area contributed by atoms with E-state index in [-0.39, 0.29) is 20.1 Å². The second kappa shape index (κ2) is 17.9. The SMILES string of the molecule is [Ir+3].[c-]1ccc(-c2cccc3c2n2c4cc(Cc5cccnc5-c5[c-]cccc5)ccc4nc2n3-c2ccccc2)cc1-c1ccccn1.[c-]1cccc2c3ccccc3n(-c3ccccn3)c12. The van der Waals surface area contributed by atoms with Gasteiger partial charge in [-0.2, -0.15) is 24.3 Å². The molecule has 6 heterocycles. The van der Waals surface area contributed by atoms with E-state index in [1.165, 1.54) is 21.9 Å². The predicted octanol–water partition coefficient (Wildman–Crippen LogP) is 13.4. The van der Waals surface area contributed by atoms with Crippen molar-refractivity contribution < 1.29 is 20.1 Å². The largest absolute Gasteiger partial charge is 3.00 e. The van der Waals surface area contributed by atoms with Crippen molar-refractivity contribution >= 4 is 49.7 Å². The molecule has 13 aromatic rings. The van der Waals surface area contributed by atoms with Gasteiger partial charge in [0.25, 0.3) is 0 Å². The van der Waals surface area contributed by atoms with Crippen LogP contribution in [-0.4, -0.2) is 33.5 Å². The Bertz CT molecular complexity index is 3790. The number of hydrogen-bond acceptors (Lipinski definition) is 4. The molecule has 0 aliphatic carbocycles. The summed E-state index contributed by atoms with van der Waals surface area (Å²) in [5.41, 5.74) is 15.9. The summed E-state index contributed by atoms with van der Waals surface area (Å²) in [5.74, 6) is 1.80. The number of imidazole rings is 2. The van der Waals surface area contributed by atoms with Gasteiger partial charge in [-0.25, -0.2) is 9.97 Å². The van der Waals surface area contributed by atoms with Gasteiger partial charge in [0.2, 0.25) is 5.78 Å². The van der Waals surface area contributed by atoms with E-state index in [0.29, 0.717) is 0 Å². The van der Waals surface area contributed by atoms with E-state index in [9.17, 15) is 0 Å². The van der Waals surface area contributed by atoms with Gasteiger partial charge in [-0.1, -0.05) is 95.5 Å². The first-order valence-corrected chi connectivity index (χ1v) is 21.9. The summed E-state index contributed by atoms with van der Waals surface area (Å²) in [6.07, 6.45) is 6.23. The molecular formula is C59H38IrN7. The molecule has 7 nitrogen and oxygen atoms in total. The number of rotatable bonds is 7. The van der Waals surface area contributed by atoms with Crippen LogP contribution in [-0.2, 0) is 26.5 Å². The first kappa shape index (κ1) is 41.4. The molecule has 0 spiro atoms. The minimum absolute atomic E-state index is 0. The van der Waals surface area contributed by atoms with Crippen LogP contribution in [0.4, 0.5) is 0 Å². The molecule has 0 aliphatic rings. The Morgan fingerprint density at radius 1 is 0.493 bits per heavy atom. The average Bonchev–Trinajstić information content (AvgIpc) is 4.04. The van der Waals surface area contributed by atoms with Gasteiger partial charge in [0, 0.05) is 29.8 Å². The van der Waals surface area contributed by atoms with Crippen LogP contribution in [0, 0.1) is 18.2 Å². The number of hydrogen-bond donors (Lipinski definition) is 0. The van der Waals surface area contributed by atoms with Crippen LogP contribution < -0.4 is 0 Å². The quantitative estimate of drug-likeness (QED) is 0.149. The van der Waals surface area contributed by atoms with Gasteiger partial charge in [-0.05, 0) is 95.0 Å². The number of pyridine rings is 3. The second-order valence-electron chi connectivity index (χ2n) is 16.1. The minimum atomic E-state index is 0. The van der Waals surface area contributed by atoms with Gasteiger partial charge < -0.3 is 14.5 Å². The van der Waals surface area contributed by atoms with Crippen molar-refractivity contribution in [2.45, 2.75) is 6.42 Å². The summed E-state index contributed by atoms with van der Waals surface area (Å²) in [6, 6.07) is 78.6. The first-order chi connectivity index (χ1) is 32.8. The van der Waals surface area contributed by atoms with Gasteiger partial charge >= 0.3 is 20.1 Å². The molecule has 0 fully saturated rings. The van der Waals surface area contributed by atoms with Crippen molar-refractivity contribution in [3.8, 4) is 45.1 Å². The van der Waals surface area contributed by atoms with Crippen LogP contribution in [0.5, 0.6) is 0 Å². The fourth-order valence-corrected chi connectivity index (χ4v) is 9.17. The summed E-state index contributed by atoms with van der Waals surface area (Å²) < 4.78 is 6.74. The Balaban J connectivity index is 0.000000206. The maximum Gasteiger partial charge on any atom is 3.00 e. The number of benzene rings is 7. The molecular weight excluding hydrogens is 999 g/mol. The number of nitrogens with zero attached hydrogens (tertiary/aromatic N) is 7. The molecule has 0 radical (unpaired) electrons. The van der Waals surface area contributed by atoms with Crippen molar-refractivity contribution in [2.24, 2.45) is 0 Å². The number of aromatic nitrogens is 7. The molecule has 0 aliphatic heterocycles. The molecule has 6 aromatic heterocycles. The molecule has 8 heteroatoms. The van der Waals surface area contributed by atoms with Gasteiger partial charge in [-0.15, -0.1) is 71.1 Å². The van der Waals surface area contributed by atoms with Gasteiger partial charge in [0.05, 0.1) is 22.1 Å². The van der Waals surface area contributed by atoms with Crippen LogP contribution in [0.3, 0.4) is 0 Å². The zero-order chi connectivity index (χ0) is 43.8. The first-order valence-electron chi connectivity index (χ1n) is 21.9. The second-order valence-corrected chi connectivity index (χ2v) is 16.1.